The minimum Gasteiger partial charge on any atom is -1.00 e. The summed E-state index contributed by atoms with van der Waals surface area (Å²) < 4.78 is 0. The van der Waals surface area contributed by atoms with Gasteiger partial charge in [0.1, 0.15) is 0 Å². The van der Waals surface area contributed by atoms with Gasteiger partial charge in [-0.25, -0.2) is 0 Å². The number of unbranched alkanes of at least 4 members (excludes halogenated alkanes) is 1. The largest absolute Gasteiger partial charge is 1.00 e. The third-order valence-electron chi connectivity index (χ3n) is 0.858. The summed E-state index contributed by atoms with van der Waals surface area (Å²) in [5, 5.41) is 0. The fourth-order valence-electron chi connectivity index (χ4n) is 0.451. The van der Waals surface area contributed by atoms with Gasteiger partial charge in [-0.05, 0) is 12.8 Å². The molecule has 0 N–H and O–H groups in total. The van der Waals surface area contributed by atoms with E-state index in [0.29, 0.717) is 0 Å². The van der Waals surface area contributed by atoms with E-state index in [1.165, 1.54) is 0 Å². The topological polar surface area (TPSA) is 0 Å². The molecule has 0 saturated heterocycles. The van der Waals surface area contributed by atoms with Crippen molar-refractivity contribution in [2.24, 2.45) is 0 Å². The Morgan fingerprint density at radius 3 is 2.67 bits per heavy atom. The van der Waals surface area contributed by atoms with Crippen molar-refractivity contribution in [3.8, 4) is 12.3 Å². The van der Waals surface area contributed by atoms with Gasteiger partial charge < -0.3 is 1.43 Å². The minimum atomic E-state index is 0. The van der Waals surface area contributed by atoms with Crippen molar-refractivity contribution in [2.45, 2.75) is 26.2 Å². The smallest absolute Gasteiger partial charge is 1.00 e. The van der Waals surface area contributed by atoms with Crippen molar-refractivity contribution >= 4 is 0 Å². The zero-order chi connectivity index (χ0) is 6.24. The van der Waals surface area contributed by atoms with Gasteiger partial charge in [0.15, 0.2) is 0 Å². The molecule has 0 aromatic rings. The first-order chi connectivity index (χ1) is 3.91. The molecule has 0 aliphatic heterocycles. The molecule has 0 aromatic carbocycles. The molecule has 0 unspecified atom stereocenters. The van der Waals surface area contributed by atoms with Gasteiger partial charge in [0.05, 0.1) is 0 Å². The summed E-state index contributed by atoms with van der Waals surface area (Å²) in [4.78, 5) is 0. The summed E-state index contributed by atoms with van der Waals surface area (Å²) in [6, 6.07) is 0. The molecule has 0 spiro atoms. The van der Waals surface area contributed by atoms with Crippen LogP contribution in [-0.4, -0.2) is 0 Å². The third kappa shape index (κ3) is 11.7. The molecule has 0 bridgehead atoms. The van der Waals surface area contributed by atoms with Crippen LogP contribution in [0.5, 0.6) is 0 Å². The maximum atomic E-state index is 5.03. The van der Waals surface area contributed by atoms with E-state index in [1.807, 2.05) is 0 Å². The molecule has 0 heterocycles. The van der Waals surface area contributed by atoms with Crippen LogP contribution in [0, 0.1) is 12.3 Å². The number of allylic oxidation sites excluding steroid dienone is 2. The Hall–Kier alpha value is 0.300. The molecule has 0 radical (unpaired) electrons. The molecular weight excluding hydrogens is 119 g/mol. The fourth-order valence-corrected chi connectivity index (χ4v) is 0.451. The standard InChI is InChI=1S/C8H12.Na.H/c1-3-5-7-8-6-4-2;;/h1,6,8H,4-5,7H2,2H3;;/q;+1;-1/b8-6-;;. The summed E-state index contributed by atoms with van der Waals surface area (Å²) in [6.07, 6.45) is 12.3. The van der Waals surface area contributed by atoms with Crippen LogP contribution >= 0.6 is 0 Å². The maximum Gasteiger partial charge on any atom is 1.00 e. The van der Waals surface area contributed by atoms with Gasteiger partial charge in [0, 0.05) is 6.42 Å². The van der Waals surface area contributed by atoms with E-state index in [9.17, 15) is 0 Å². The summed E-state index contributed by atoms with van der Waals surface area (Å²) in [7, 11) is 0. The van der Waals surface area contributed by atoms with Crippen molar-refractivity contribution in [1.82, 2.24) is 0 Å². The Kier molecular flexibility index (Phi) is 14.9. The zero-order valence-electron chi connectivity index (χ0n) is 7.35. The second-order valence-corrected chi connectivity index (χ2v) is 1.62. The Labute approximate surface area is 81.5 Å². The molecule has 0 nitrogen and oxygen atoms in total. The van der Waals surface area contributed by atoms with Crippen molar-refractivity contribution in [1.29, 1.82) is 0 Å². The van der Waals surface area contributed by atoms with Crippen LogP contribution in [0.1, 0.15) is 27.6 Å². The fraction of sp³-hybridized carbons (Fsp3) is 0.500. The van der Waals surface area contributed by atoms with Crippen LogP contribution in [0.3, 0.4) is 0 Å². The molecule has 0 aliphatic rings. The zero-order valence-corrected chi connectivity index (χ0v) is 8.35. The normalized spacial score (nSPS) is 8.44. The SMILES string of the molecule is C#CCC/C=C\CC.[H-].[Na+]. The molecule has 9 heavy (non-hydrogen) atoms. The first-order valence-corrected chi connectivity index (χ1v) is 3.00. The van der Waals surface area contributed by atoms with Crippen LogP contribution in [0.25, 0.3) is 0 Å². The number of hydrogen-bond donors (Lipinski definition) is 0. The van der Waals surface area contributed by atoms with E-state index in [2.05, 4.69) is 25.0 Å². The summed E-state index contributed by atoms with van der Waals surface area (Å²) in [5.41, 5.74) is 0. The average Bonchev–Trinajstić information content (AvgIpc) is 1.81. The van der Waals surface area contributed by atoms with Gasteiger partial charge in [0.25, 0.3) is 0 Å². The Bertz CT molecular complexity index is 102. The van der Waals surface area contributed by atoms with Gasteiger partial charge in [-0.2, -0.15) is 0 Å². The Morgan fingerprint density at radius 2 is 2.22 bits per heavy atom. The van der Waals surface area contributed by atoms with Gasteiger partial charge in [-0.15, -0.1) is 12.3 Å². The van der Waals surface area contributed by atoms with E-state index in [0.717, 1.165) is 19.3 Å². The first kappa shape index (κ1) is 12.0. The van der Waals surface area contributed by atoms with Crippen LogP contribution in [0.15, 0.2) is 12.2 Å². The first-order valence-electron chi connectivity index (χ1n) is 3.00. The van der Waals surface area contributed by atoms with Gasteiger partial charge in [-0.3, -0.25) is 0 Å². The average molecular weight is 132 g/mol. The predicted octanol–water partition coefficient (Wildman–Crippen LogP) is -0.518. The van der Waals surface area contributed by atoms with Crippen LogP contribution in [0.2, 0.25) is 0 Å². The second-order valence-electron chi connectivity index (χ2n) is 1.62. The summed E-state index contributed by atoms with van der Waals surface area (Å²) in [5.74, 6) is 2.58. The predicted molar refractivity (Wildman–Crippen MR) is 38.6 cm³/mol. The van der Waals surface area contributed by atoms with Crippen molar-refractivity contribution in [3.63, 3.8) is 0 Å². The van der Waals surface area contributed by atoms with Crippen LogP contribution < -0.4 is 29.6 Å². The van der Waals surface area contributed by atoms with Crippen LogP contribution in [-0.2, 0) is 0 Å². The van der Waals surface area contributed by atoms with Crippen LogP contribution in [0.4, 0.5) is 0 Å². The van der Waals surface area contributed by atoms with E-state index in [4.69, 9.17) is 6.42 Å². The molecule has 46 valence electrons. The molecule has 0 rings (SSSR count). The number of hydrogen-bond acceptors (Lipinski definition) is 0. The van der Waals surface area contributed by atoms with Gasteiger partial charge in [-0.1, -0.05) is 19.1 Å². The van der Waals surface area contributed by atoms with E-state index in [-0.39, 0.29) is 31.0 Å². The van der Waals surface area contributed by atoms with Crippen molar-refractivity contribution in [3.05, 3.63) is 12.2 Å². The molecule has 0 aromatic heterocycles. The molecule has 0 aliphatic carbocycles. The van der Waals surface area contributed by atoms with Crippen molar-refractivity contribution in [2.75, 3.05) is 0 Å². The number of terminal acetylenes is 1. The summed E-state index contributed by atoms with van der Waals surface area (Å²) >= 11 is 0. The quantitative estimate of drug-likeness (QED) is 0.210. The molecule has 0 saturated carbocycles. The van der Waals surface area contributed by atoms with Gasteiger partial charge >= 0.3 is 29.6 Å². The van der Waals surface area contributed by atoms with E-state index >= 15 is 0 Å². The molecule has 0 amide bonds. The molecular formula is C8H13Na. The van der Waals surface area contributed by atoms with E-state index < -0.39 is 0 Å². The Balaban J connectivity index is -0.000000245. The molecule has 0 atom stereocenters. The maximum absolute atomic E-state index is 5.03. The monoisotopic (exact) mass is 132 g/mol. The van der Waals surface area contributed by atoms with Gasteiger partial charge in [0.2, 0.25) is 0 Å². The molecule has 1 heteroatoms. The van der Waals surface area contributed by atoms with Crippen molar-refractivity contribution < 1.29 is 31.0 Å². The third-order valence-corrected chi connectivity index (χ3v) is 0.858. The summed E-state index contributed by atoms with van der Waals surface area (Å²) in [6.45, 7) is 2.12. The number of rotatable bonds is 3. The second kappa shape index (κ2) is 11.1. The molecule has 0 fully saturated rings. The Morgan fingerprint density at radius 1 is 1.56 bits per heavy atom. The van der Waals surface area contributed by atoms with E-state index in [1.54, 1.807) is 0 Å². The minimum absolute atomic E-state index is 0.